The molecule has 1 aromatic carbocycles. The second kappa shape index (κ2) is 5.56. The fourth-order valence-corrected chi connectivity index (χ4v) is 1.50. The third-order valence-corrected chi connectivity index (χ3v) is 2.40. The molecular formula is C8H8BrCl2NO2. The Labute approximate surface area is 101 Å². The van der Waals surface area contributed by atoms with Crippen LogP contribution in [0.15, 0.2) is 22.7 Å². The fraction of sp³-hybridized carbons (Fsp3) is 0.125. The number of rotatable bonds is 2. The van der Waals surface area contributed by atoms with Gasteiger partial charge in [-0.2, -0.15) is 0 Å². The molecule has 0 aliphatic rings. The average Bonchev–Trinajstić information content (AvgIpc) is 2.08. The summed E-state index contributed by atoms with van der Waals surface area (Å²) in [7, 11) is 0. The summed E-state index contributed by atoms with van der Waals surface area (Å²) in [6.07, 6.45) is 0. The third kappa shape index (κ3) is 3.13. The van der Waals surface area contributed by atoms with Gasteiger partial charge in [0.05, 0.1) is 0 Å². The van der Waals surface area contributed by atoms with Crippen molar-refractivity contribution in [3.8, 4) is 0 Å². The van der Waals surface area contributed by atoms with Crippen LogP contribution >= 0.6 is 39.9 Å². The summed E-state index contributed by atoms with van der Waals surface area (Å²) in [6, 6.07) is 3.84. The molecule has 0 fully saturated rings. The Balaban J connectivity index is 0.00000169. The molecule has 0 saturated carbocycles. The van der Waals surface area contributed by atoms with Crippen molar-refractivity contribution < 1.29 is 9.90 Å². The smallest absolute Gasteiger partial charge is 0.325 e. The molecule has 3 nitrogen and oxygen atoms in total. The number of halogens is 3. The standard InChI is InChI=1S/C8H7BrClNO2.ClH/c9-4-1-2-6(10)5(3-4)7(11)8(12)13;/h1-3,7H,11H2,(H,12,13);1H. The zero-order valence-electron chi connectivity index (χ0n) is 6.91. The van der Waals surface area contributed by atoms with Crippen LogP contribution in [0.5, 0.6) is 0 Å². The lowest BCUT2D eigenvalue weighted by atomic mass is 10.1. The third-order valence-electron chi connectivity index (χ3n) is 1.56. The number of carbonyl (C=O) groups is 1. The molecule has 14 heavy (non-hydrogen) atoms. The summed E-state index contributed by atoms with van der Waals surface area (Å²) in [5.41, 5.74) is 5.81. The molecule has 0 heterocycles. The first kappa shape index (κ1) is 13.7. The summed E-state index contributed by atoms with van der Waals surface area (Å²) in [5, 5.41) is 9.01. The van der Waals surface area contributed by atoms with E-state index < -0.39 is 12.0 Å². The molecule has 6 heteroatoms. The molecule has 1 aromatic rings. The quantitative estimate of drug-likeness (QED) is 0.882. The predicted octanol–water partition coefficient (Wildman–Crippen LogP) is 2.61. The molecule has 0 radical (unpaired) electrons. The lowest BCUT2D eigenvalue weighted by Gasteiger charge is -2.08. The van der Waals surface area contributed by atoms with Crippen molar-refractivity contribution in [2.45, 2.75) is 6.04 Å². The van der Waals surface area contributed by atoms with Crippen LogP contribution in [-0.4, -0.2) is 11.1 Å². The maximum Gasteiger partial charge on any atom is 0.325 e. The Morgan fingerprint density at radius 2 is 2.14 bits per heavy atom. The van der Waals surface area contributed by atoms with Crippen LogP contribution in [0, 0.1) is 0 Å². The monoisotopic (exact) mass is 299 g/mol. The minimum absolute atomic E-state index is 0. The molecular weight excluding hydrogens is 293 g/mol. The Morgan fingerprint density at radius 1 is 1.57 bits per heavy atom. The highest BCUT2D eigenvalue weighted by Gasteiger charge is 2.17. The Morgan fingerprint density at radius 3 is 2.64 bits per heavy atom. The number of carboxylic acids is 1. The van der Waals surface area contributed by atoms with Gasteiger partial charge in [0.2, 0.25) is 0 Å². The number of nitrogens with two attached hydrogens (primary N) is 1. The van der Waals surface area contributed by atoms with Crippen molar-refractivity contribution in [2.75, 3.05) is 0 Å². The molecule has 0 aliphatic heterocycles. The topological polar surface area (TPSA) is 63.3 Å². The molecule has 0 amide bonds. The number of hydrogen-bond acceptors (Lipinski definition) is 2. The van der Waals surface area contributed by atoms with Gasteiger partial charge < -0.3 is 10.8 Å². The number of aliphatic carboxylic acids is 1. The van der Waals surface area contributed by atoms with Gasteiger partial charge in [-0.25, -0.2) is 0 Å². The van der Waals surface area contributed by atoms with Crippen LogP contribution in [0.1, 0.15) is 11.6 Å². The Hall–Kier alpha value is -0.290. The minimum Gasteiger partial charge on any atom is -0.480 e. The lowest BCUT2D eigenvalue weighted by molar-refractivity contribution is -0.138. The van der Waals surface area contributed by atoms with E-state index in [0.717, 1.165) is 4.47 Å². The number of benzene rings is 1. The van der Waals surface area contributed by atoms with Crippen molar-refractivity contribution in [1.29, 1.82) is 0 Å². The summed E-state index contributed by atoms with van der Waals surface area (Å²) in [5.74, 6) is -1.10. The van der Waals surface area contributed by atoms with Gasteiger partial charge in [0.15, 0.2) is 0 Å². The van der Waals surface area contributed by atoms with Gasteiger partial charge in [0, 0.05) is 9.50 Å². The van der Waals surface area contributed by atoms with Gasteiger partial charge >= 0.3 is 5.97 Å². The predicted molar refractivity (Wildman–Crippen MR) is 61.0 cm³/mol. The summed E-state index contributed by atoms with van der Waals surface area (Å²) < 4.78 is 0.753. The second-order valence-electron chi connectivity index (χ2n) is 2.48. The molecule has 1 unspecified atom stereocenters. The molecule has 0 aliphatic carbocycles. The first-order valence-corrected chi connectivity index (χ1v) is 4.63. The molecule has 0 aromatic heterocycles. The maximum absolute atomic E-state index is 10.6. The van der Waals surface area contributed by atoms with Crippen LogP contribution < -0.4 is 5.73 Å². The first-order valence-electron chi connectivity index (χ1n) is 3.45. The fourth-order valence-electron chi connectivity index (χ4n) is 0.886. The van der Waals surface area contributed by atoms with Gasteiger partial charge in [0.25, 0.3) is 0 Å². The van der Waals surface area contributed by atoms with E-state index in [1.165, 1.54) is 0 Å². The van der Waals surface area contributed by atoms with E-state index in [2.05, 4.69) is 15.9 Å². The van der Waals surface area contributed by atoms with Crippen molar-refractivity contribution in [1.82, 2.24) is 0 Å². The Kier molecular flexibility index (Phi) is 5.44. The normalized spacial score (nSPS) is 11.6. The molecule has 78 valence electrons. The summed E-state index contributed by atoms with van der Waals surface area (Å²) in [4.78, 5) is 10.6. The molecule has 1 rings (SSSR count). The van der Waals surface area contributed by atoms with Gasteiger partial charge in [-0.05, 0) is 23.8 Å². The highest BCUT2D eigenvalue weighted by atomic mass is 79.9. The highest BCUT2D eigenvalue weighted by Crippen LogP contribution is 2.25. The van der Waals surface area contributed by atoms with E-state index in [-0.39, 0.29) is 12.4 Å². The van der Waals surface area contributed by atoms with E-state index >= 15 is 0 Å². The van der Waals surface area contributed by atoms with E-state index in [1.807, 2.05) is 0 Å². The van der Waals surface area contributed by atoms with Gasteiger partial charge in [-0.3, -0.25) is 4.79 Å². The maximum atomic E-state index is 10.6. The van der Waals surface area contributed by atoms with Crippen LogP contribution in [0.2, 0.25) is 5.02 Å². The molecule has 0 spiro atoms. The summed E-state index contributed by atoms with van der Waals surface area (Å²) >= 11 is 8.98. The van der Waals surface area contributed by atoms with Crippen LogP contribution in [-0.2, 0) is 4.79 Å². The van der Waals surface area contributed by atoms with Crippen molar-refractivity contribution in [3.63, 3.8) is 0 Å². The van der Waals surface area contributed by atoms with E-state index in [0.29, 0.717) is 10.6 Å². The van der Waals surface area contributed by atoms with Crippen LogP contribution in [0.25, 0.3) is 0 Å². The molecule has 0 bridgehead atoms. The van der Waals surface area contributed by atoms with Crippen LogP contribution in [0.4, 0.5) is 0 Å². The van der Waals surface area contributed by atoms with Crippen molar-refractivity contribution in [2.24, 2.45) is 5.73 Å². The second-order valence-corrected chi connectivity index (χ2v) is 3.80. The van der Waals surface area contributed by atoms with E-state index in [4.69, 9.17) is 22.4 Å². The largest absolute Gasteiger partial charge is 0.480 e. The Bertz CT molecular complexity index is 346. The SMILES string of the molecule is Cl.NC(C(=O)O)c1cc(Br)ccc1Cl. The molecule has 0 saturated heterocycles. The minimum atomic E-state index is -1.10. The van der Waals surface area contributed by atoms with Gasteiger partial charge in [0.1, 0.15) is 6.04 Å². The summed E-state index contributed by atoms with van der Waals surface area (Å²) in [6.45, 7) is 0. The van der Waals surface area contributed by atoms with Crippen molar-refractivity contribution in [3.05, 3.63) is 33.3 Å². The van der Waals surface area contributed by atoms with E-state index in [1.54, 1.807) is 18.2 Å². The van der Waals surface area contributed by atoms with E-state index in [9.17, 15) is 4.79 Å². The zero-order chi connectivity index (χ0) is 10.0. The number of carboxylic acid groups (broad SMARTS) is 1. The van der Waals surface area contributed by atoms with Gasteiger partial charge in [-0.1, -0.05) is 27.5 Å². The molecule has 1 atom stereocenters. The average molecular weight is 301 g/mol. The van der Waals surface area contributed by atoms with Crippen molar-refractivity contribution >= 4 is 45.9 Å². The van der Waals surface area contributed by atoms with Gasteiger partial charge in [-0.15, -0.1) is 12.4 Å². The highest BCUT2D eigenvalue weighted by molar-refractivity contribution is 9.10. The zero-order valence-corrected chi connectivity index (χ0v) is 10.1. The van der Waals surface area contributed by atoms with Crippen LogP contribution in [0.3, 0.4) is 0 Å². The lowest BCUT2D eigenvalue weighted by Crippen LogP contribution is -2.20. The first-order chi connectivity index (χ1) is 6.02. The molecule has 3 N–H and O–H groups in total. The number of hydrogen-bond donors (Lipinski definition) is 2.